The molecule has 0 spiro atoms. The maximum atomic E-state index is 15.0. The first-order chi connectivity index (χ1) is 43.7. The summed E-state index contributed by atoms with van der Waals surface area (Å²) in [5.74, 6) is -9.84. The number of hydrogen-bond donors (Lipinski definition) is 13. The van der Waals surface area contributed by atoms with Gasteiger partial charge in [-0.15, -0.1) is 0 Å². The Kier molecular flexibility index (Phi) is 26.1. The van der Waals surface area contributed by atoms with Crippen LogP contribution in [0.15, 0.2) is 79.0 Å². The molecule has 8 atom stereocenters. The Labute approximate surface area is 528 Å². The second kappa shape index (κ2) is 34.2. The maximum absolute atomic E-state index is 15.0. The van der Waals surface area contributed by atoms with Crippen molar-refractivity contribution < 1.29 is 68.1 Å². The second-order valence-corrected chi connectivity index (χ2v) is 24.0. The number of rotatable bonds is 18. The van der Waals surface area contributed by atoms with Gasteiger partial charge in [0, 0.05) is 50.0 Å². The number of benzene rings is 3. The third-order valence-electron chi connectivity index (χ3n) is 17.2. The molecule has 2 aliphatic heterocycles. The number of nitrogens with one attached hydrogen (secondary N) is 9. The van der Waals surface area contributed by atoms with E-state index in [9.17, 15) is 68.1 Å². The third kappa shape index (κ3) is 20.5. The number of H-pyrrole nitrogens is 1. The predicted molar refractivity (Wildman–Crippen MR) is 335 cm³/mol. The summed E-state index contributed by atoms with van der Waals surface area (Å²) in [4.78, 5) is 163. The summed E-state index contributed by atoms with van der Waals surface area (Å²) in [5, 5.41) is 52.6. The Morgan fingerprint density at radius 2 is 1.11 bits per heavy atom. The van der Waals surface area contributed by atoms with Crippen LogP contribution in [0.3, 0.4) is 0 Å². The van der Waals surface area contributed by atoms with Crippen molar-refractivity contribution in [2.45, 2.75) is 177 Å². The highest BCUT2D eigenvalue weighted by atomic mass is 16.4. The minimum absolute atomic E-state index is 0.00492. The quantitative estimate of drug-likeness (QED) is 0.0631. The number of aliphatic carboxylic acids is 1. The number of hydrogen-bond acceptors (Lipinski definition) is 14. The highest BCUT2D eigenvalue weighted by Gasteiger charge is 2.41. The van der Waals surface area contributed by atoms with Crippen LogP contribution in [-0.2, 0) is 72.0 Å². The van der Waals surface area contributed by atoms with E-state index in [0.717, 1.165) is 54.3 Å². The minimum Gasteiger partial charge on any atom is -0.508 e. The molecule has 91 heavy (non-hydrogen) atoms. The van der Waals surface area contributed by atoms with Crippen molar-refractivity contribution in [3.63, 3.8) is 0 Å². The first kappa shape index (κ1) is 69.4. The first-order valence-electron chi connectivity index (χ1n) is 31.7. The van der Waals surface area contributed by atoms with Crippen LogP contribution in [0.25, 0.3) is 10.9 Å². The van der Waals surface area contributed by atoms with Gasteiger partial charge in [0.25, 0.3) is 0 Å². The number of aromatic amines is 1. The van der Waals surface area contributed by atoms with Crippen LogP contribution < -0.4 is 48.3 Å². The molecule has 3 fully saturated rings. The van der Waals surface area contributed by atoms with Crippen LogP contribution >= 0.6 is 0 Å². The summed E-state index contributed by atoms with van der Waals surface area (Å²) in [7, 11) is 1.42. The van der Waals surface area contributed by atoms with E-state index in [0.29, 0.717) is 42.4 Å². The topological polar surface area (TPSA) is 393 Å². The molecule has 0 unspecified atom stereocenters. The molecule has 26 heteroatoms. The van der Waals surface area contributed by atoms with Gasteiger partial charge in [-0.2, -0.15) is 0 Å². The van der Waals surface area contributed by atoms with Crippen LogP contribution in [0, 0.1) is 5.92 Å². The summed E-state index contributed by atoms with van der Waals surface area (Å²) >= 11 is 0. The van der Waals surface area contributed by atoms with Crippen LogP contribution in [0.1, 0.15) is 126 Å². The monoisotopic (exact) mass is 1260 g/mol. The largest absolute Gasteiger partial charge is 0.508 e. The lowest BCUT2D eigenvalue weighted by molar-refractivity contribution is -0.146. The lowest BCUT2D eigenvalue weighted by atomic mass is 9.84. The fraction of sp³-hybridized carbons (Fsp3) is 0.523. The Bertz CT molecular complexity index is 3190. The van der Waals surface area contributed by atoms with E-state index >= 15 is 0 Å². The van der Waals surface area contributed by atoms with Crippen molar-refractivity contribution in [1.29, 1.82) is 0 Å². The normalized spacial score (nSPS) is 23.8. The molecule has 3 heterocycles. The number of phenols is 2. The van der Waals surface area contributed by atoms with Crippen LogP contribution in [0.2, 0.25) is 0 Å². The molecule has 3 aromatic carbocycles. The molecule has 2 saturated heterocycles. The molecule has 7 rings (SSSR count). The molecule has 4 aromatic rings. The van der Waals surface area contributed by atoms with Gasteiger partial charge in [0.15, 0.2) is 0 Å². The number of unbranched alkanes of at least 4 members (excludes halogenated alkanes) is 3. The fourth-order valence-corrected chi connectivity index (χ4v) is 12.0. The van der Waals surface area contributed by atoms with Crippen LogP contribution in [0.4, 0.5) is 0 Å². The highest BCUT2D eigenvalue weighted by molar-refractivity contribution is 6.00. The number of aromatic hydroxyl groups is 2. The van der Waals surface area contributed by atoms with Gasteiger partial charge in [-0.25, -0.2) is 0 Å². The number of likely N-dealkylation sites (N-methyl/N-ethyl adjacent to an activating group) is 1. The van der Waals surface area contributed by atoms with E-state index in [2.05, 4.69) is 47.5 Å². The molecule has 0 radical (unpaired) electrons. The van der Waals surface area contributed by atoms with Gasteiger partial charge in [0.2, 0.25) is 59.1 Å². The van der Waals surface area contributed by atoms with E-state index < -0.39 is 133 Å². The zero-order valence-electron chi connectivity index (χ0n) is 51.8. The standard InChI is InChI=1S/C65H88N12O14/c1-3-4-6-18-48-60(86)73-51(34-42-36-67-46-17-10-9-16-45(42)46)59(85)68-37-55(80)70-49(31-40-21-25-43(78)26-22-40)61(87)75-52(35-57(82)83)65(91)77-30-13-20-53(77)63(89)72-47(19-11-12-29-66)58(84)69-38-56(81)76(2)54(33-39-14-7-5-8-15-39)64(90)74-50(62(88)71-48)32-41-23-27-44(79)28-24-41/h9-10,16-17,21-28,36,39,47-54,67,78-79H,3-8,11-15,18-20,29-35,37-38,66H2,1-2H3,(H,68,85)(H,69,84)(H,70,80)(H,71,88)(H,72,89)(H,73,86)(H,74,90)(H,75,87)(H,82,83)/t47-,48-,49-,50-,51-,52-,53+,54-/m0/s1. The van der Waals surface area contributed by atoms with Crippen molar-refractivity contribution in [3.8, 4) is 11.5 Å². The summed E-state index contributed by atoms with van der Waals surface area (Å²) in [6.45, 7) is 0.769. The Hall–Kier alpha value is -9.07. The Balaban J connectivity index is 1.27. The molecule has 0 bridgehead atoms. The zero-order valence-corrected chi connectivity index (χ0v) is 51.8. The third-order valence-corrected chi connectivity index (χ3v) is 17.2. The van der Waals surface area contributed by atoms with Gasteiger partial charge in [-0.3, -0.25) is 52.7 Å². The smallest absolute Gasteiger partial charge is 0.305 e. The highest BCUT2D eigenvalue weighted by Crippen LogP contribution is 2.29. The Morgan fingerprint density at radius 1 is 0.571 bits per heavy atom. The summed E-state index contributed by atoms with van der Waals surface area (Å²) in [6, 6.07) is 7.76. The number of amides is 10. The fourth-order valence-electron chi connectivity index (χ4n) is 12.0. The van der Waals surface area contributed by atoms with Crippen molar-refractivity contribution in [3.05, 3.63) is 95.7 Å². The van der Waals surface area contributed by atoms with Gasteiger partial charge < -0.3 is 78.4 Å². The van der Waals surface area contributed by atoms with Crippen molar-refractivity contribution in [2.75, 3.05) is 33.2 Å². The number of phenolic OH excluding ortho intramolecular Hbond substituents is 2. The number of fused-ring (bicyclic) bond motifs is 2. The van der Waals surface area contributed by atoms with Gasteiger partial charge in [0.1, 0.15) is 59.8 Å². The number of nitrogens with two attached hydrogens (primary N) is 1. The van der Waals surface area contributed by atoms with E-state index in [-0.39, 0.29) is 81.9 Å². The molecule has 492 valence electrons. The summed E-state index contributed by atoms with van der Waals surface area (Å²) in [6.07, 6.45) is 7.86. The molecular weight excluding hydrogens is 1170 g/mol. The van der Waals surface area contributed by atoms with Gasteiger partial charge >= 0.3 is 5.97 Å². The van der Waals surface area contributed by atoms with Crippen molar-refractivity contribution in [1.82, 2.24) is 57.3 Å². The zero-order chi connectivity index (χ0) is 65.6. The number of para-hydroxylation sites is 1. The molecule has 3 aliphatic rings. The maximum Gasteiger partial charge on any atom is 0.305 e. The Morgan fingerprint density at radius 3 is 1.75 bits per heavy atom. The molecule has 1 aromatic heterocycles. The second-order valence-electron chi connectivity index (χ2n) is 24.0. The minimum atomic E-state index is -1.79. The number of carbonyl (C=O) groups excluding carboxylic acids is 10. The van der Waals surface area contributed by atoms with Gasteiger partial charge in [-0.1, -0.05) is 101 Å². The average Bonchev–Trinajstić information content (AvgIpc) is 1.97. The van der Waals surface area contributed by atoms with E-state index in [1.807, 2.05) is 25.1 Å². The predicted octanol–water partition coefficient (Wildman–Crippen LogP) is 1.73. The molecule has 1 saturated carbocycles. The molecular formula is C65H88N12O14. The summed E-state index contributed by atoms with van der Waals surface area (Å²) < 4.78 is 0. The lowest BCUT2D eigenvalue weighted by Gasteiger charge is -2.33. The summed E-state index contributed by atoms with van der Waals surface area (Å²) in [5.41, 5.74) is 8.07. The molecule has 10 amide bonds. The van der Waals surface area contributed by atoms with E-state index in [1.165, 1.54) is 48.3 Å². The van der Waals surface area contributed by atoms with E-state index in [4.69, 9.17) is 5.73 Å². The van der Waals surface area contributed by atoms with Crippen LogP contribution in [0.5, 0.6) is 11.5 Å². The van der Waals surface area contributed by atoms with Gasteiger partial charge in [0.05, 0.1) is 19.5 Å². The lowest BCUT2D eigenvalue weighted by Crippen LogP contribution is -2.60. The van der Waals surface area contributed by atoms with Crippen molar-refractivity contribution >= 4 is 75.9 Å². The molecule has 14 N–H and O–H groups in total. The van der Waals surface area contributed by atoms with Crippen molar-refractivity contribution in [2.24, 2.45) is 11.7 Å². The number of carbonyl (C=O) groups is 11. The number of aromatic nitrogens is 1. The molecule has 1 aliphatic carbocycles. The average molecular weight is 1260 g/mol. The number of carboxylic acids is 1. The first-order valence-corrected chi connectivity index (χ1v) is 31.7. The van der Waals surface area contributed by atoms with Crippen LogP contribution in [-0.4, -0.2) is 177 Å². The SMILES string of the molecule is CCCCC[C@@H]1NC(=O)[C@H](Cc2ccc(O)cc2)NC(=O)[C@H](CC2CCCCC2)N(C)C(=O)CNC(=O)[C@H](CCCCN)NC(=O)[C@H]2CCCN2C(=O)[C@H](CC(=O)O)NC(=O)[C@H](Cc2ccc(O)cc2)NC(=O)CNC(=O)[C@H](Cc2c[nH]c3ccccc23)NC1=O. The number of carboxylic acid groups (broad SMARTS) is 1. The van der Waals surface area contributed by atoms with Gasteiger partial charge in [-0.05, 0) is 104 Å². The number of nitrogens with zero attached hydrogens (tertiary/aromatic N) is 2. The molecule has 26 nitrogen and oxygen atoms in total. The van der Waals surface area contributed by atoms with E-state index in [1.54, 1.807) is 24.4 Å².